The number of likely N-dealkylation sites (N-methyl/N-ethyl adjacent to an activating group) is 1. The monoisotopic (exact) mass is 489 g/mol. The molecule has 1 unspecified atom stereocenters. The summed E-state index contributed by atoms with van der Waals surface area (Å²) in [5, 5.41) is 7.48. The third-order valence-electron chi connectivity index (χ3n) is 7.76. The summed E-state index contributed by atoms with van der Waals surface area (Å²) in [6.07, 6.45) is 3.98. The number of hydrogen-bond donors (Lipinski definition) is 1. The molecule has 2 aliphatic rings. The van der Waals surface area contributed by atoms with Crippen LogP contribution in [0.1, 0.15) is 32.4 Å². The van der Waals surface area contributed by atoms with E-state index in [1.54, 1.807) is 0 Å². The van der Waals surface area contributed by atoms with E-state index in [4.69, 9.17) is 0 Å². The number of urea groups is 1. The lowest BCUT2D eigenvalue weighted by Crippen LogP contribution is -2.51. The van der Waals surface area contributed by atoms with E-state index < -0.39 is 0 Å². The maximum Gasteiger partial charge on any atom is 0.317 e. The minimum absolute atomic E-state index is 0.0294. The normalized spacial score (nSPS) is 19.9. The standard InChI is InChI=1S/C28H39N7O/c1-5-29-28(36)33-16-14-32(15-17-33)25-10-11-30-35-19-24(18-26(25)35)22-6-8-23(9-7-22)27-20-34(21(2)3)13-12-31(27)4/h6-11,18-19,21,27H,5,12-17,20H2,1-4H3,(H,29,36). The summed E-state index contributed by atoms with van der Waals surface area (Å²) in [7, 11) is 2.24. The Labute approximate surface area is 214 Å². The predicted octanol–water partition coefficient (Wildman–Crippen LogP) is 3.55. The van der Waals surface area contributed by atoms with Crippen LogP contribution in [0.2, 0.25) is 0 Å². The zero-order valence-corrected chi connectivity index (χ0v) is 22.0. The van der Waals surface area contributed by atoms with Crippen molar-refractivity contribution < 1.29 is 4.79 Å². The van der Waals surface area contributed by atoms with Gasteiger partial charge in [0.1, 0.15) is 0 Å². The van der Waals surface area contributed by atoms with E-state index in [2.05, 4.69) is 88.6 Å². The van der Waals surface area contributed by atoms with Crippen LogP contribution in [0.4, 0.5) is 10.5 Å². The maximum atomic E-state index is 12.2. The summed E-state index contributed by atoms with van der Waals surface area (Å²) in [5.74, 6) is 0. The van der Waals surface area contributed by atoms with E-state index >= 15 is 0 Å². The van der Waals surface area contributed by atoms with Gasteiger partial charge in [-0.15, -0.1) is 0 Å². The highest BCUT2D eigenvalue weighted by atomic mass is 16.2. The van der Waals surface area contributed by atoms with Gasteiger partial charge in [0.25, 0.3) is 0 Å². The first-order valence-corrected chi connectivity index (χ1v) is 13.2. The average molecular weight is 490 g/mol. The molecule has 1 aromatic carbocycles. The van der Waals surface area contributed by atoms with Crippen molar-refractivity contribution in [2.45, 2.75) is 32.9 Å². The highest BCUT2D eigenvalue weighted by molar-refractivity contribution is 5.80. The number of amides is 2. The van der Waals surface area contributed by atoms with E-state index in [0.717, 1.165) is 51.3 Å². The molecule has 192 valence electrons. The van der Waals surface area contributed by atoms with Crippen LogP contribution in [0.3, 0.4) is 0 Å². The lowest BCUT2D eigenvalue weighted by Gasteiger charge is -2.41. The van der Waals surface area contributed by atoms with Gasteiger partial charge in [-0.3, -0.25) is 9.80 Å². The van der Waals surface area contributed by atoms with Gasteiger partial charge in [0.05, 0.1) is 11.2 Å². The van der Waals surface area contributed by atoms with Crippen LogP contribution in [0.25, 0.3) is 16.6 Å². The fraction of sp³-hybridized carbons (Fsp3) is 0.500. The minimum Gasteiger partial charge on any atom is -0.366 e. The molecule has 2 aliphatic heterocycles. The molecule has 0 bridgehead atoms. The van der Waals surface area contributed by atoms with Crippen LogP contribution < -0.4 is 10.2 Å². The molecular formula is C28H39N7O. The van der Waals surface area contributed by atoms with Gasteiger partial charge in [-0.1, -0.05) is 24.3 Å². The minimum atomic E-state index is 0.0294. The first-order chi connectivity index (χ1) is 17.4. The van der Waals surface area contributed by atoms with Gasteiger partial charge in [0.2, 0.25) is 0 Å². The van der Waals surface area contributed by atoms with E-state index in [9.17, 15) is 4.79 Å². The van der Waals surface area contributed by atoms with Crippen LogP contribution in [-0.2, 0) is 0 Å². The summed E-state index contributed by atoms with van der Waals surface area (Å²) >= 11 is 0. The van der Waals surface area contributed by atoms with Crippen LogP contribution in [0.5, 0.6) is 0 Å². The maximum absolute atomic E-state index is 12.2. The summed E-state index contributed by atoms with van der Waals surface area (Å²) in [6.45, 7) is 13.6. The number of carbonyl (C=O) groups is 1. The largest absolute Gasteiger partial charge is 0.366 e. The first kappa shape index (κ1) is 24.6. The molecule has 0 spiro atoms. The Morgan fingerprint density at radius 2 is 1.78 bits per heavy atom. The molecule has 3 aromatic rings. The molecule has 0 aliphatic carbocycles. The van der Waals surface area contributed by atoms with Crippen molar-refractivity contribution in [2.75, 3.05) is 64.3 Å². The van der Waals surface area contributed by atoms with E-state index in [0.29, 0.717) is 18.6 Å². The van der Waals surface area contributed by atoms with Crippen LogP contribution in [0.15, 0.2) is 48.8 Å². The van der Waals surface area contributed by atoms with Gasteiger partial charge in [-0.2, -0.15) is 5.10 Å². The highest BCUT2D eigenvalue weighted by Gasteiger charge is 2.27. The number of fused-ring (bicyclic) bond motifs is 1. The number of carbonyl (C=O) groups excluding carboxylic acids is 1. The van der Waals surface area contributed by atoms with Crippen molar-refractivity contribution in [3.8, 4) is 11.1 Å². The molecule has 1 N–H and O–H groups in total. The van der Waals surface area contributed by atoms with Crippen molar-refractivity contribution in [1.29, 1.82) is 0 Å². The van der Waals surface area contributed by atoms with Gasteiger partial charge >= 0.3 is 6.03 Å². The molecule has 0 radical (unpaired) electrons. The summed E-state index contributed by atoms with van der Waals surface area (Å²) < 4.78 is 1.98. The van der Waals surface area contributed by atoms with Crippen molar-refractivity contribution in [3.63, 3.8) is 0 Å². The first-order valence-electron chi connectivity index (χ1n) is 13.2. The van der Waals surface area contributed by atoms with Crippen molar-refractivity contribution in [1.82, 2.24) is 29.6 Å². The van der Waals surface area contributed by atoms with Gasteiger partial charge in [-0.25, -0.2) is 9.31 Å². The van der Waals surface area contributed by atoms with Gasteiger partial charge in [0, 0.05) is 82.4 Å². The number of rotatable bonds is 5. The number of nitrogens with zero attached hydrogens (tertiary/aromatic N) is 6. The van der Waals surface area contributed by atoms with Crippen molar-refractivity contribution in [2.24, 2.45) is 0 Å². The molecule has 2 saturated heterocycles. The number of nitrogens with one attached hydrogen (secondary N) is 1. The van der Waals surface area contributed by atoms with Gasteiger partial charge in [-0.05, 0) is 51.1 Å². The number of piperazine rings is 2. The number of hydrogen-bond acceptors (Lipinski definition) is 5. The second-order valence-electron chi connectivity index (χ2n) is 10.3. The molecule has 2 fully saturated rings. The summed E-state index contributed by atoms with van der Waals surface area (Å²) in [6, 6.07) is 14.4. The molecule has 1 atom stereocenters. The summed E-state index contributed by atoms with van der Waals surface area (Å²) in [5.41, 5.74) is 6.02. The third kappa shape index (κ3) is 4.92. The second kappa shape index (κ2) is 10.5. The SMILES string of the molecule is CCNC(=O)N1CCN(c2ccnn3cc(-c4ccc(C5CN(C(C)C)CCN5C)cc4)cc23)CC1. The van der Waals surface area contributed by atoms with Crippen molar-refractivity contribution in [3.05, 3.63) is 54.4 Å². The van der Waals surface area contributed by atoms with E-state index in [1.165, 1.54) is 22.4 Å². The van der Waals surface area contributed by atoms with Crippen LogP contribution in [-0.4, -0.2) is 95.8 Å². The molecule has 8 nitrogen and oxygen atoms in total. The van der Waals surface area contributed by atoms with Crippen LogP contribution in [0, 0.1) is 0 Å². The molecule has 36 heavy (non-hydrogen) atoms. The topological polar surface area (TPSA) is 59.4 Å². The molecule has 8 heteroatoms. The lowest BCUT2D eigenvalue weighted by atomic mass is 9.99. The third-order valence-corrected chi connectivity index (χ3v) is 7.76. The van der Waals surface area contributed by atoms with Gasteiger partial charge in [0.15, 0.2) is 0 Å². The molecule has 0 saturated carbocycles. The number of aromatic nitrogens is 2. The Morgan fingerprint density at radius 1 is 1.03 bits per heavy atom. The number of anilines is 1. The van der Waals surface area contributed by atoms with E-state index in [1.807, 2.05) is 22.5 Å². The van der Waals surface area contributed by atoms with Gasteiger partial charge < -0.3 is 15.1 Å². The zero-order chi connectivity index (χ0) is 25.2. The van der Waals surface area contributed by atoms with Crippen LogP contribution >= 0.6 is 0 Å². The lowest BCUT2D eigenvalue weighted by molar-refractivity contribution is 0.0745. The van der Waals surface area contributed by atoms with E-state index in [-0.39, 0.29) is 6.03 Å². The fourth-order valence-corrected chi connectivity index (χ4v) is 5.46. The Morgan fingerprint density at radius 3 is 2.47 bits per heavy atom. The molecule has 2 aromatic heterocycles. The molecule has 2 amide bonds. The molecule has 4 heterocycles. The summed E-state index contributed by atoms with van der Waals surface area (Å²) in [4.78, 5) is 21.5. The molecular weight excluding hydrogens is 450 g/mol. The second-order valence-corrected chi connectivity index (χ2v) is 10.3. The highest BCUT2D eigenvalue weighted by Crippen LogP contribution is 2.31. The van der Waals surface area contributed by atoms with Crippen molar-refractivity contribution >= 4 is 17.2 Å². The smallest absolute Gasteiger partial charge is 0.317 e. The zero-order valence-electron chi connectivity index (χ0n) is 22.0. The molecule has 5 rings (SSSR count). The number of benzene rings is 1. The Bertz CT molecular complexity index is 1180. The fourth-order valence-electron chi connectivity index (χ4n) is 5.46. The average Bonchev–Trinajstić information content (AvgIpc) is 3.34. The Kier molecular flexibility index (Phi) is 7.16. The Balaban J connectivity index is 1.33. The predicted molar refractivity (Wildman–Crippen MR) is 146 cm³/mol. The quantitative estimate of drug-likeness (QED) is 0.594. The Hall–Kier alpha value is -3.10.